The lowest BCUT2D eigenvalue weighted by Crippen LogP contribution is -2.17. The predicted octanol–water partition coefficient (Wildman–Crippen LogP) is 1.49. The minimum atomic E-state index is -0.529. The van der Waals surface area contributed by atoms with Crippen LogP contribution < -0.4 is 11.3 Å². The molecule has 3 N–H and O–H groups in total. The molecule has 0 amide bonds. The smallest absolute Gasteiger partial charge is 0.280 e. The van der Waals surface area contributed by atoms with Gasteiger partial charge in [-0.15, -0.1) is 0 Å². The van der Waals surface area contributed by atoms with Crippen LogP contribution in [0.5, 0.6) is 0 Å². The maximum atomic E-state index is 11.8. The molecule has 0 aliphatic rings. The number of nitrogens with zero attached hydrogens (tertiary/aromatic N) is 2. The highest BCUT2D eigenvalue weighted by molar-refractivity contribution is 5.68. The molecule has 0 spiro atoms. The summed E-state index contributed by atoms with van der Waals surface area (Å²) in [5.74, 6) is 0.200. The first-order valence-electron chi connectivity index (χ1n) is 5.67. The zero-order valence-corrected chi connectivity index (χ0v) is 10.2. The standard InChI is InChI=1S/C12H12N4O3/c1-2-7-10(13)14-11(15-12(7)17)8-5-3-4-6-9(8)16(18)19/h3-6H,2H2,1H3,(H3,13,14,15,17). The first kappa shape index (κ1) is 12.7. The lowest BCUT2D eigenvalue weighted by atomic mass is 10.1. The summed E-state index contributed by atoms with van der Waals surface area (Å²) < 4.78 is 0. The summed E-state index contributed by atoms with van der Waals surface area (Å²) in [4.78, 5) is 28.8. The van der Waals surface area contributed by atoms with Gasteiger partial charge in [-0.1, -0.05) is 19.1 Å². The van der Waals surface area contributed by atoms with Gasteiger partial charge in [-0.05, 0) is 12.5 Å². The van der Waals surface area contributed by atoms with E-state index in [1.54, 1.807) is 19.1 Å². The SMILES string of the molecule is CCc1c(N)nc(-c2ccccc2[N+](=O)[O-])[nH]c1=O. The summed E-state index contributed by atoms with van der Waals surface area (Å²) in [5, 5.41) is 10.9. The summed E-state index contributed by atoms with van der Waals surface area (Å²) in [6.07, 6.45) is 0.450. The second kappa shape index (κ2) is 4.89. The first-order chi connectivity index (χ1) is 9.04. The number of hydrogen-bond acceptors (Lipinski definition) is 5. The second-order valence-electron chi connectivity index (χ2n) is 3.91. The van der Waals surface area contributed by atoms with E-state index >= 15 is 0 Å². The summed E-state index contributed by atoms with van der Waals surface area (Å²) >= 11 is 0. The molecule has 7 nitrogen and oxygen atoms in total. The molecule has 2 rings (SSSR count). The Kier molecular flexibility index (Phi) is 3.28. The van der Waals surface area contributed by atoms with E-state index in [9.17, 15) is 14.9 Å². The van der Waals surface area contributed by atoms with E-state index in [1.807, 2.05) is 0 Å². The van der Waals surface area contributed by atoms with Crippen LogP contribution in [0.25, 0.3) is 11.4 Å². The molecule has 1 heterocycles. The number of aromatic amines is 1. The third-order valence-electron chi connectivity index (χ3n) is 2.76. The average Bonchev–Trinajstić information content (AvgIpc) is 2.38. The molecular weight excluding hydrogens is 248 g/mol. The third kappa shape index (κ3) is 2.30. The zero-order valence-electron chi connectivity index (χ0n) is 10.2. The zero-order chi connectivity index (χ0) is 14.0. The van der Waals surface area contributed by atoms with Crippen LogP contribution in [0.4, 0.5) is 11.5 Å². The van der Waals surface area contributed by atoms with Gasteiger partial charge in [0.15, 0.2) is 0 Å². The molecule has 0 aliphatic carbocycles. The third-order valence-corrected chi connectivity index (χ3v) is 2.76. The Morgan fingerprint density at radius 2 is 2.11 bits per heavy atom. The van der Waals surface area contributed by atoms with Gasteiger partial charge in [-0.2, -0.15) is 0 Å². The highest BCUT2D eigenvalue weighted by Crippen LogP contribution is 2.26. The van der Waals surface area contributed by atoms with E-state index in [4.69, 9.17) is 5.73 Å². The number of nitro groups is 1. The quantitative estimate of drug-likeness (QED) is 0.640. The number of rotatable bonds is 3. The van der Waals surface area contributed by atoms with Crippen LogP contribution >= 0.6 is 0 Å². The van der Waals surface area contributed by atoms with Crippen LogP contribution in [-0.2, 0) is 6.42 Å². The molecule has 19 heavy (non-hydrogen) atoms. The number of nitro benzene ring substituents is 1. The van der Waals surface area contributed by atoms with Gasteiger partial charge in [0.25, 0.3) is 11.2 Å². The van der Waals surface area contributed by atoms with Crippen LogP contribution in [0.1, 0.15) is 12.5 Å². The van der Waals surface area contributed by atoms with Crippen molar-refractivity contribution in [3.8, 4) is 11.4 Å². The molecule has 2 aromatic rings. The van der Waals surface area contributed by atoms with Gasteiger partial charge >= 0.3 is 0 Å². The number of para-hydroxylation sites is 1. The summed E-state index contributed by atoms with van der Waals surface area (Å²) in [7, 11) is 0. The van der Waals surface area contributed by atoms with Gasteiger partial charge in [0.2, 0.25) is 0 Å². The van der Waals surface area contributed by atoms with Crippen LogP contribution in [0.2, 0.25) is 0 Å². The molecular formula is C12H12N4O3. The molecule has 0 saturated heterocycles. The molecule has 7 heteroatoms. The average molecular weight is 260 g/mol. The second-order valence-corrected chi connectivity index (χ2v) is 3.91. The molecule has 0 fully saturated rings. The Morgan fingerprint density at radius 3 is 2.68 bits per heavy atom. The number of hydrogen-bond donors (Lipinski definition) is 2. The molecule has 1 aromatic carbocycles. The number of nitrogens with one attached hydrogen (secondary N) is 1. The Labute approximate surface area is 108 Å². The molecule has 0 unspecified atom stereocenters. The van der Waals surface area contributed by atoms with Crippen molar-refractivity contribution in [1.82, 2.24) is 9.97 Å². The topological polar surface area (TPSA) is 115 Å². The van der Waals surface area contributed by atoms with Crippen molar-refractivity contribution in [1.29, 1.82) is 0 Å². The number of nitrogens with two attached hydrogens (primary N) is 1. The minimum Gasteiger partial charge on any atom is -0.383 e. The fourth-order valence-electron chi connectivity index (χ4n) is 1.82. The number of anilines is 1. The lowest BCUT2D eigenvalue weighted by Gasteiger charge is -2.05. The van der Waals surface area contributed by atoms with Crippen molar-refractivity contribution in [2.45, 2.75) is 13.3 Å². The first-order valence-corrected chi connectivity index (χ1v) is 5.67. The van der Waals surface area contributed by atoms with Crippen LogP contribution in [0.15, 0.2) is 29.1 Å². The predicted molar refractivity (Wildman–Crippen MR) is 70.7 cm³/mol. The summed E-state index contributed by atoms with van der Waals surface area (Å²) in [5.41, 5.74) is 5.81. The molecule has 1 aromatic heterocycles. The molecule has 0 bridgehead atoms. The van der Waals surface area contributed by atoms with E-state index in [1.165, 1.54) is 12.1 Å². The van der Waals surface area contributed by atoms with Crippen molar-refractivity contribution in [3.63, 3.8) is 0 Å². The Bertz CT molecular complexity index is 694. The van der Waals surface area contributed by atoms with Gasteiger partial charge in [0, 0.05) is 6.07 Å². The van der Waals surface area contributed by atoms with Gasteiger partial charge in [-0.25, -0.2) is 4.98 Å². The van der Waals surface area contributed by atoms with Crippen molar-refractivity contribution in [2.24, 2.45) is 0 Å². The summed E-state index contributed by atoms with van der Waals surface area (Å²) in [6.45, 7) is 1.78. The van der Waals surface area contributed by atoms with Crippen molar-refractivity contribution < 1.29 is 4.92 Å². The van der Waals surface area contributed by atoms with E-state index in [0.29, 0.717) is 12.0 Å². The van der Waals surface area contributed by atoms with E-state index < -0.39 is 4.92 Å². The van der Waals surface area contributed by atoms with Crippen LogP contribution in [0, 0.1) is 10.1 Å². The van der Waals surface area contributed by atoms with E-state index in [2.05, 4.69) is 9.97 Å². The number of H-pyrrole nitrogens is 1. The number of aromatic nitrogens is 2. The normalized spacial score (nSPS) is 10.4. The Morgan fingerprint density at radius 1 is 1.42 bits per heavy atom. The van der Waals surface area contributed by atoms with Crippen molar-refractivity contribution in [3.05, 3.63) is 50.3 Å². The monoisotopic (exact) mass is 260 g/mol. The van der Waals surface area contributed by atoms with Crippen molar-refractivity contribution >= 4 is 11.5 Å². The molecule has 0 radical (unpaired) electrons. The number of nitrogen functional groups attached to an aromatic ring is 1. The number of benzene rings is 1. The van der Waals surface area contributed by atoms with Gasteiger partial charge in [0.05, 0.1) is 16.1 Å². The highest BCUT2D eigenvalue weighted by atomic mass is 16.6. The molecule has 0 aliphatic heterocycles. The highest BCUT2D eigenvalue weighted by Gasteiger charge is 2.17. The van der Waals surface area contributed by atoms with Crippen LogP contribution in [-0.4, -0.2) is 14.9 Å². The summed E-state index contributed by atoms with van der Waals surface area (Å²) in [6, 6.07) is 6.04. The maximum absolute atomic E-state index is 11.8. The van der Waals surface area contributed by atoms with E-state index in [-0.39, 0.29) is 28.5 Å². The van der Waals surface area contributed by atoms with Gasteiger partial charge in [0.1, 0.15) is 11.6 Å². The maximum Gasteiger partial charge on any atom is 0.280 e. The fraction of sp³-hybridized carbons (Fsp3) is 0.167. The minimum absolute atomic E-state index is 0.0967. The largest absolute Gasteiger partial charge is 0.383 e. The Hall–Kier alpha value is -2.70. The van der Waals surface area contributed by atoms with Crippen LogP contribution in [0.3, 0.4) is 0 Å². The van der Waals surface area contributed by atoms with Gasteiger partial charge < -0.3 is 10.7 Å². The van der Waals surface area contributed by atoms with Crippen molar-refractivity contribution in [2.75, 3.05) is 5.73 Å². The Balaban J connectivity index is 2.67. The van der Waals surface area contributed by atoms with E-state index in [0.717, 1.165) is 0 Å². The lowest BCUT2D eigenvalue weighted by molar-refractivity contribution is -0.384. The molecule has 0 atom stereocenters. The fourth-order valence-corrected chi connectivity index (χ4v) is 1.82. The molecule has 0 saturated carbocycles. The van der Waals surface area contributed by atoms with Gasteiger partial charge in [-0.3, -0.25) is 14.9 Å². The molecule has 98 valence electrons.